The molecule has 0 radical (unpaired) electrons. The first-order valence-electron chi connectivity index (χ1n) is 10.9. The number of aromatic nitrogens is 1. The molecule has 32 heavy (non-hydrogen) atoms. The SMILES string of the molecule is O=C(NC1CCN(c2ccc(C(F)(F)F)cn2)C1)NC1CC2(CCC2)Oc2ccccc21. The van der Waals surface area contributed by atoms with Gasteiger partial charge in [-0.1, -0.05) is 18.2 Å². The lowest BCUT2D eigenvalue weighted by molar-refractivity contribution is -0.137. The van der Waals surface area contributed by atoms with Crippen LogP contribution in [0.2, 0.25) is 0 Å². The zero-order valence-corrected chi connectivity index (χ0v) is 17.5. The number of hydrogen-bond donors (Lipinski definition) is 2. The van der Waals surface area contributed by atoms with Gasteiger partial charge in [0.1, 0.15) is 17.2 Å². The highest BCUT2D eigenvalue weighted by Crippen LogP contribution is 2.48. The smallest absolute Gasteiger partial charge is 0.417 e. The highest BCUT2D eigenvalue weighted by atomic mass is 19.4. The molecule has 2 aromatic rings. The number of fused-ring (bicyclic) bond motifs is 1. The first-order chi connectivity index (χ1) is 15.3. The van der Waals surface area contributed by atoms with Crippen LogP contribution in [0.15, 0.2) is 42.6 Å². The van der Waals surface area contributed by atoms with E-state index in [9.17, 15) is 18.0 Å². The van der Waals surface area contributed by atoms with Crippen molar-refractivity contribution in [3.63, 3.8) is 0 Å². The van der Waals surface area contributed by atoms with Crippen molar-refractivity contribution in [3.8, 4) is 5.75 Å². The van der Waals surface area contributed by atoms with Gasteiger partial charge in [-0.15, -0.1) is 0 Å². The van der Waals surface area contributed by atoms with Gasteiger partial charge in [0.15, 0.2) is 0 Å². The fourth-order valence-corrected chi connectivity index (χ4v) is 4.84. The molecule has 2 fully saturated rings. The first-order valence-corrected chi connectivity index (χ1v) is 10.9. The standard InChI is InChI=1S/C23H25F3N4O2/c24-23(25,26)15-6-7-20(27-13-15)30-11-8-16(14-30)28-21(31)29-18-12-22(9-3-10-22)32-19-5-2-1-4-17(18)19/h1-2,4-7,13,16,18H,3,8-12,14H2,(H2,28,29,31). The number of rotatable bonds is 3. The van der Waals surface area contributed by atoms with Crippen LogP contribution in [0.5, 0.6) is 5.75 Å². The van der Waals surface area contributed by atoms with E-state index in [0.29, 0.717) is 25.3 Å². The van der Waals surface area contributed by atoms with Crippen molar-refractivity contribution in [2.75, 3.05) is 18.0 Å². The van der Waals surface area contributed by atoms with Crippen molar-refractivity contribution < 1.29 is 22.7 Å². The van der Waals surface area contributed by atoms with E-state index in [1.165, 1.54) is 6.07 Å². The van der Waals surface area contributed by atoms with Crippen LogP contribution < -0.4 is 20.3 Å². The zero-order chi connectivity index (χ0) is 22.3. The Hall–Kier alpha value is -2.97. The number of carbonyl (C=O) groups is 1. The molecular formula is C23H25F3N4O2. The minimum absolute atomic E-state index is 0.105. The van der Waals surface area contributed by atoms with Crippen LogP contribution in [0.3, 0.4) is 0 Å². The fraction of sp³-hybridized carbons (Fsp3) is 0.478. The van der Waals surface area contributed by atoms with E-state index in [2.05, 4.69) is 15.6 Å². The number of halogens is 3. The number of urea groups is 1. The Balaban J connectivity index is 1.19. The van der Waals surface area contributed by atoms with E-state index >= 15 is 0 Å². The van der Waals surface area contributed by atoms with Gasteiger partial charge in [-0.2, -0.15) is 13.2 Å². The molecule has 1 spiro atoms. The summed E-state index contributed by atoms with van der Waals surface area (Å²) < 4.78 is 44.5. The molecule has 3 aliphatic rings. The van der Waals surface area contributed by atoms with Gasteiger partial charge in [0.25, 0.3) is 0 Å². The predicted octanol–water partition coefficient (Wildman–Crippen LogP) is 4.42. The van der Waals surface area contributed by atoms with Crippen LogP contribution in [-0.4, -0.2) is 35.7 Å². The van der Waals surface area contributed by atoms with Gasteiger partial charge in [-0.25, -0.2) is 9.78 Å². The summed E-state index contributed by atoms with van der Waals surface area (Å²) in [7, 11) is 0. The number of alkyl halides is 3. The Bertz CT molecular complexity index is 991. The van der Waals surface area contributed by atoms with E-state index in [0.717, 1.165) is 49.3 Å². The van der Waals surface area contributed by atoms with Crippen molar-refractivity contribution in [2.24, 2.45) is 0 Å². The average Bonchev–Trinajstić information content (AvgIpc) is 3.20. The summed E-state index contributed by atoms with van der Waals surface area (Å²) in [5.41, 5.74) is 0.0442. The lowest BCUT2D eigenvalue weighted by Crippen LogP contribution is -2.52. The lowest BCUT2D eigenvalue weighted by atomic mass is 9.73. The quantitative estimate of drug-likeness (QED) is 0.732. The summed E-state index contributed by atoms with van der Waals surface area (Å²) in [5, 5.41) is 6.13. The molecular weight excluding hydrogens is 421 g/mol. The molecule has 2 aliphatic heterocycles. The highest BCUT2D eigenvalue weighted by Gasteiger charge is 2.46. The van der Waals surface area contributed by atoms with Gasteiger partial charge in [0, 0.05) is 37.3 Å². The van der Waals surface area contributed by atoms with Gasteiger partial charge in [0.2, 0.25) is 0 Å². The van der Waals surface area contributed by atoms with Crippen LogP contribution in [0, 0.1) is 0 Å². The van der Waals surface area contributed by atoms with E-state index in [1.54, 1.807) is 0 Å². The van der Waals surface area contributed by atoms with E-state index in [-0.39, 0.29) is 23.7 Å². The molecule has 6 nitrogen and oxygen atoms in total. The number of nitrogens with zero attached hydrogens (tertiary/aromatic N) is 2. The maximum atomic E-state index is 12.8. The molecule has 1 aromatic carbocycles. The fourth-order valence-electron chi connectivity index (χ4n) is 4.84. The third-order valence-electron chi connectivity index (χ3n) is 6.69. The van der Waals surface area contributed by atoms with Crippen molar-refractivity contribution in [1.82, 2.24) is 15.6 Å². The van der Waals surface area contributed by atoms with Crippen LogP contribution >= 0.6 is 0 Å². The Kier molecular flexibility index (Phi) is 5.14. The van der Waals surface area contributed by atoms with Crippen molar-refractivity contribution in [3.05, 3.63) is 53.7 Å². The van der Waals surface area contributed by atoms with Crippen LogP contribution in [0.1, 0.15) is 49.3 Å². The molecule has 9 heteroatoms. The third-order valence-corrected chi connectivity index (χ3v) is 6.69. The summed E-state index contributed by atoms with van der Waals surface area (Å²) in [4.78, 5) is 18.6. The molecule has 1 aliphatic carbocycles. The number of carbonyl (C=O) groups excluding carboxylic acids is 1. The summed E-state index contributed by atoms with van der Waals surface area (Å²) in [6.07, 6.45) is 1.03. The van der Waals surface area contributed by atoms with Gasteiger partial charge in [-0.05, 0) is 43.9 Å². The largest absolute Gasteiger partial charge is 0.487 e. The number of hydrogen-bond acceptors (Lipinski definition) is 4. The third kappa shape index (κ3) is 4.08. The number of anilines is 1. The maximum absolute atomic E-state index is 12.8. The molecule has 170 valence electrons. The number of benzene rings is 1. The minimum atomic E-state index is -4.40. The minimum Gasteiger partial charge on any atom is -0.487 e. The second-order valence-electron chi connectivity index (χ2n) is 8.89. The Morgan fingerprint density at radius 2 is 1.97 bits per heavy atom. The summed E-state index contributed by atoms with van der Waals surface area (Å²) in [6, 6.07) is 9.77. The summed E-state index contributed by atoms with van der Waals surface area (Å²) >= 11 is 0. The zero-order valence-electron chi connectivity index (χ0n) is 17.5. The van der Waals surface area contributed by atoms with Gasteiger partial charge < -0.3 is 20.3 Å². The molecule has 1 saturated heterocycles. The van der Waals surface area contributed by atoms with Crippen LogP contribution in [0.25, 0.3) is 0 Å². The molecule has 3 heterocycles. The molecule has 5 rings (SSSR count). The molecule has 2 N–H and O–H groups in total. The summed E-state index contributed by atoms with van der Waals surface area (Å²) in [6.45, 7) is 1.12. The topological polar surface area (TPSA) is 66.5 Å². The second-order valence-corrected chi connectivity index (χ2v) is 8.89. The Labute approximate surface area is 184 Å². The average molecular weight is 446 g/mol. The monoisotopic (exact) mass is 446 g/mol. The predicted molar refractivity (Wildman–Crippen MR) is 113 cm³/mol. The van der Waals surface area contributed by atoms with Crippen molar-refractivity contribution in [2.45, 2.75) is 56.0 Å². The van der Waals surface area contributed by atoms with Crippen molar-refractivity contribution >= 4 is 11.8 Å². The highest BCUT2D eigenvalue weighted by molar-refractivity contribution is 5.75. The number of amides is 2. The molecule has 2 amide bonds. The molecule has 2 atom stereocenters. The number of ether oxygens (including phenoxy) is 1. The molecule has 1 aromatic heterocycles. The first kappa shape index (κ1) is 20.9. The van der Waals surface area contributed by atoms with Gasteiger partial charge in [-0.3, -0.25) is 0 Å². The number of pyridine rings is 1. The second kappa shape index (κ2) is 7.86. The number of para-hydroxylation sites is 1. The molecule has 0 bridgehead atoms. The van der Waals surface area contributed by atoms with Gasteiger partial charge >= 0.3 is 12.2 Å². The normalized spacial score (nSPS) is 23.8. The van der Waals surface area contributed by atoms with E-state index < -0.39 is 11.7 Å². The molecule has 1 saturated carbocycles. The van der Waals surface area contributed by atoms with Crippen LogP contribution in [0.4, 0.5) is 23.8 Å². The maximum Gasteiger partial charge on any atom is 0.417 e. The van der Waals surface area contributed by atoms with Crippen LogP contribution in [-0.2, 0) is 6.18 Å². The van der Waals surface area contributed by atoms with E-state index in [1.807, 2.05) is 29.2 Å². The van der Waals surface area contributed by atoms with Crippen molar-refractivity contribution in [1.29, 1.82) is 0 Å². The Morgan fingerprint density at radius 3 is 2.66 bits per heavy atom. The molecule has 2 unspecified atom stereocenters. The lowest BCUT2D eigenvalue weighted by Gasteiger charge is -2.48. The van der Waals surface area contributed by atoms with Gasteiger partial charge in [0.05, 0.1) is 11.6 Å². The van der Waals surface area contributed by atoms with E-state index in [4.69, 9.17) is 4.74 Å². The summed E-state index contributed by atoms with van der Waals surface area (Å²) in [5.74, 6) is 1.32. The Morgan fingerprint density at radius 1 is 1.16 bits per heavy atom. The number of nitrogens with one attached hydrogen (secondary N) is 2.